The van der Waals surface area contributed by atoms with Crippen LogP contribution in [-0.2, 0) is 14.2 Å². The molecule has 132 valence electrons. The van der Waals surface area contributed by atoms with Crippen LogP contribution >= 0.6 is 0 Å². The van der Waals surface area contributed by atoms with Gasteiger partial charge in [-0.05, 0) is 19.8 Å². The Balaban J connectivity index is 1.69. The highest BCUT2D eigenvalue weighted by molar-refractivity contribution is 5.05. The van der Waals surface area contributed by atoms with E-state index >= 15 is 0 Å². The van der Waals surface area contributed by atoms with Crippen molar-refractivity contribution in [3.05, 3.63) is 32.6 Å². The van der Waals surface area contributed by atoms with E-state index in [0.717, 1.165) is 32.1 Å². The van der Waals surface area contributed by atoms with Crippen LogP contribution in [0.5, 0.6) is 0 Å². The molecular formula is C16H22N2O6. The molecule has 1 aromatic rings. The fraction of sp³-hybridized carbons (Fsp3) is 0.750. The minimum absolute atomic E-state index is 0.214. The molecule has 8 nitrogen and oxygen atoms in total. The van der Waals surface area contributed by atoms with E-state index in [4.69, 9.17) is 14.2 Å². The molecule has 8 heteroatoms. The van der Waals surface area contributed by atoms with Gasteiger partial charge < -0.3 is 19.3 Å². The molecule has 1 aliphatic carbocycles. The number of H-pyrrole nitrogens is 1. The molecule has 1 aromatic heterocycles. The summed E-state index contributed by atoms with van der Waals surface area (Å²) in [6.07, 6.45) is 4.13. The lowest BCUT2D eigenvalue weighted by atomic mass is 9.94. The second kappa shape index (κ2) is 5.80. The Morgan fingerprint density at radius 2 is 1.96 bits per heavy atom. The lowest BCUT2D eigenvalue weighted by Gasteiger charge is -2.34. The lowest BCUT2D eigenvalue weighted by Crippen LogP contribution is -2.39. The summed E-state index contributed by atoms with van der Waals surface area (Å²) in [5.41, 5.74) is -0.563. The Morgan fingerprint density at radius 3 is 2.67 bits per heavy atom. The van der Waals surface area contributed by atoms with E-state index in [0.29, 0.717) is 5.56 Å². The van der Waals surface area contributed by atoms with E-state index in [9.17, 15) is 14.7 Å². The van der Waals surface area contributed by atoms with Crippen LogP contribution in [0, 0.1) is 6.92 Å². The van der Waals surface area contributed by atoms with Gasteiger partial charge in [0, 0.05) is 24.6 Å². The van der Waals surface area contributed by atoms with Crippen LogP contribution in [0.1, 0.15) is 43.9 Å². The van der Waals surface area contributed by atoms with Crippen molar-refractivity contribution in [2.24, 2.45) is 0 Å². The van der Waals surface area contributed by atoms with Crippen LogP contribution in [-0.4, -0.2) is 45.4 Å². The van der Waals surface area contributed by atoms with E-state index in [2.05, 4.69) is 4.98 Å². The molecule has 3 heterocycles. The summed E-state index contributed by atoms with van der Waals surface area (Å²) < 4.78 is 19.5. The molecule has 3 fully saturated rings. The van der Waals surface area contributed by atoms with Crippen molar-refractivity contribution in [1.29, 1.82) is 0 Å². The van der Waals surface area contributed by atoms with Crippen molar-refractivity contribution in [2.75, 3.05) is 6.61 Å². The highest BCUT2D eigenvalue weighted by Gasteiger charge is 2.58. The first-order valence-electron chi connectivity index (χ1n) is 8.47. The third-order valence-electron chi connectivity index (χ3n) is 5.20. The molecule has 0 aromatic carbocycles. The monoisotopic (exact) mass is 338 g/mol. The number of aromatic nitrogens is 2. The van der Waals surface area contributed by atoms with Gasteiger partial charge in [-0.15, -0.1) is 0 Å². The maximum atomic E-state index is 12.2. The molecular weight excluding hydrogens is 316 g/mol. The SMILES string of the molecule is Cc1cn([C@@H]2O[C@H](CO)C3OC4(CCCCC4)OC32)c(=O)[nH]c1=O. The van der Waals surface area contributed by atoms with Crippen molar-refractivity contribution in [3.8, 4) is 0 Å². The van der Waals surface area contributed by atoms with Gasteiger partial charge in [-0.1, -0.05) is 6.42 Å². The molecule has 2 unspecified atom stereocenters. The van der Waals surface area contributed by atoms with Crippen molar-refractivity contribution in [2.45, 2.75) is 69.4 Å². The van der Waals surface area contributed by atoms with Crippen molar-refractivity contribution in [3.63, 3.8) is 0 Å². The number of rotatable bonds is 2. The second-order valence-electron chi connectivity index (χ2n) is 6.86. The number of aromatic amines is 1. The smallest absolute Gasteiger partial charge is 0.330 e. The molecule has 2 saturated heterocycles. The summed E-state index contributed by atoms with van der Waals surface area (Å²) in [6, 6.07) is 0. The summed E-state index contributed by atoms with van der Waals surface area (Å²) >= 11 is 0. The number of fused-ring (bicyclic) bond motifs is 1. The Morgan fingerprint density at radius 1 is 1.25 bits per heavy atom. The minimum Gasteiger partial charge on any atom is -0.394 e. The molecule has 0 radical (unpaired) electrons. The summed E-state index contributed by atoms with van der Waals surface area (Å²) in [5, 5.41) is 9.63. The van der Waals surface area contributed by atoms with Crippen LogP contribution in [0.3, 0.4) is 0 Å². The first-order chi connectivity index (χ1) is 11.5. The average molecular weight is 338 g/mol. The molecule has 2 aliphatic heterocycles. The van der Waals surface area contributed by atoms with Crippen molar-refractivity contribution in [1.82, 2.24) is 9.55 Å². The van der Waals surface area contributed by atoms with Gasteiger partial charge in [0.2, 0.25) is 0 Å². The molecule has 2 N–H and O–H groups in total. The van der Waals surface area contributed by atoms with Gasteiger partial charge in [-0.3, -0.25) is 14.3 Å². The third-order valence-corrected chi connectivity index (χ3v) is 5.20. The number of nitrogens with one attached hydrogen (secondary N) is 1. The minimum atomic E-state index is -0.725. The van der Waals surface area contributed by atoms with Crippen LogP contribution in [0.15, 0.2) is 15.8 Å². The van der Waals surface area contributed by atoms with Gasteiger partial charge >= 0.3 is 5.69 Å². The summed E-state index contributed by atoms with van der Waals surface area (Å²) in [6.45, 7) is 1.41. The first kappa shape index (κ1) is 16.0. The first-order valence-corrected chi connectivity index (χ1v) is 8.47. The van der Waals surface area contributed by atoms with E-state index in [1.54, 1.807) is 6.92 Å². The number of aliphatic hydroxyl groups excluding tert-OH is 1. The van der Waals surface area contributed by atoms with Crippen LogP contribution in [0.2, 0.25) is 0 Å². The largest absolute Gasteiger partial charge is 0.394 e. The predicted octanol–water partition coefficient (Wildman–Crippen LogP) is 0.179. The molecule has 4 atom stereocenters. The standard InChI is InChI=1S/C16H22N2O6/c1-9-7-18(15(21)17-13(9)20)14-12-11(10(8-19)22-14)23-16(24-12)5-3-2-4-6-16/h7,10-12,14,19H,2-6,8H2,1H3,(H,17,20,21)/t10-,11?,12?,14-/m1/s1. The van der Waals surface area contributed by atoms with Gasteiger partial charge in [0.1, 0.15) is 18.3 Å². The van der Waals surface area contributed by atoms with E-state index in [1.807, 2.05) is 0 Å². The van der Waals surface area contributed by atoms with Gasteiger partial charge in [-0.25, -0.2) is 4.79 Å². The maximum Gasteiger partial charge on any atom is 0.330 e. The Hall–Kier alpha value is -1.48. The van der Waals surface area contributed by atoms with Gasteiger partial charge in [0.15, 0.2) is 12.0 Å². The topological polar surface area (TPSA) is 103 Å². The number of hydrogen-bond acceptors (Lipinski definition) is 6. The molecule has 0 bridgehead atoms. The number of hydrogen-bond donors (Lipinski definition) is 2. The summed E-state index contributed by atoms with van der Waals surface area (Å²) in [4.78, 5) is 26.1. The molecule has 1 saturated carbocycles. The number of ether oxygens (including phenoxy) is 3. The zero-order chi connectivity index (χ0) is 16.9. The highest BCUT2D eigenvalue weighted by atomic mass is 16.8. The lowest BCUT2D eigenvalue weighted by molar-refractivity contribution is -0.233. The van der Waals surface area contributed by atoms with Crippen molar-refractivity contribution < 1.29 is 19.3 Å². The normalized spacial score (nSPS) is 34.6. The fourth-order valence-corrected chi connectivity index (χ4v) is 3.97. The Labute approximate surface area is 138 Å². The Bertz CT molecular complexity index is 735. The molecule has 3 aliphatic rings. The molecule has 1 spiro atoms. The van der Waals surface area contributed by atoms with E-state index < -0.39 is 41.6 Å². The van der Waals surface area contributed by atoms with Crippen LogP contribution in [0.4, 0.5) is 0 Å². The number of aryl methyl sites for hydroxylation is 1. The zero-order valence-corrected chi connectivity index (χ0v) is 13.6. The molecule has 0 amide bonds. The third kappa shape index (κ3) is 2.45. The number of nitrogens with zero attached hydrogens (tertiary/aromatic N) is 1. The van der Waals surface area contributed by atoms with Gasteiger partial charge in [0.25, 0.3) is 5.56 Å². The van der Waals surface area contributed by atoms with Crippen LogP contribution < -0.4 is 11.2 Å². The fourth-order valence-electron chi connectivity index (χ4n) is 3.97. The van der Waals surface area contributed by atoms with Crippen molar-refractivity contribution >= 4 is 0 Å². The Kier molecular flexibility index (Phi) is 3.87. The second-order valence-corrected chi connectivity index (χ2v) is 6.86. The highest BCUT2D eigenvalue weighted by Crippen LogP contribution is 2.48. The maximum absolute atomic E-state index is 12.2. The zero-order valence-electron chi connectivity index (χ0n) is 13.6. The van der Waals surface area contributed by atoms with Gasteiger partial charge in [0.05, 0.1) is 6.61 Å². The predicted molar refractivity (Wildman–Crippen MR) is 82.6 cm³/mol. The summed E-state index contributed by atoms with van der Waals surface area (Å²) in [7, 11) is 0. The summed E-state index contributed by atoms with van der Waals surface area (Å²) in [5.74, 6) is -0.635. The van der Waals surface area contributed by atoms with E-state index in [-0.39, 0.29) is 6.61 Å². The van der Waals surface area contributed by atoms with Crippen LogP contribution in [0.25, 0.3) is 0 Å². The molecule has 4 rings (SSSR count). The van der Waals surface area contributed by atoms with Gasteiger partial charge in [-0.2, -0.15) is 0 Å². The number of aliphatic hydroxyl groups is 1. The average Bonchev–Trinajstić information content (AvgIpc) is 3.07. The quantitative estimate of drug-likeness (QED) is 0.797. The van der Waals surface area contributed by atoms with E-state index in [1.165, 1.54) is 10.8 Å². The molecule has 24 heavy (non-hydrogen) atoms.